The number of nitrogens with zero attached hydrogens (tertiary/aromatic N) is 4. The first-order valence-corrected chi connectivity index (χ1v) is 13.0. The van der Waals surface area contributed by atoms with Crippen LogP contribution in [0.3, 0.4) is 0 Å². The Morgan fingerprint density at radius 2 is 2.03 bits per heavy atom. The predicted octanol–water partition coefficient (Wildman–Crippen LogP) is 4.51. The van der Waals surface area contributed by atoms with Crippen molar-refractivity contribution in [2.75, 3.05) is 0 Å². The molecule has 3 heterocycles. The highest BCUT2D eigenvalue weighted by molar-refractivity contribution is 7.15. The number of benzene rings is 1. The minimum atomic E-state index is -0.332. The standard InChI is InChI=1S/C25H24ClN5OS/c1-13-29-30-24-25(9-10-25)28-21(16-7-2-3-8-18(16)26)20-17-11-14(22(32)27-15-5-4-6-15)12-19(17)33-23(20)31(13)24/h2-3,7-8,14-15H,4-6,9-12H2,1H3,(H,27,32)/t14-/m0/s1. The number of carbonyl (C=O) groups excluding carboxylic acids is 1. The molecule has 7 rings (SSSR count). The maximum atomic E-state index is 13.0. The van der Waals surface area contributed by atoms with Crippen molar-refractivity contribution in [2.45, 2.75) is 63.5 Å². The molecule has 0 unspecified atom stereocenters. The molecule has 3 aromatic rings. The number of aliphatic imine (C=N–C) groups is 1. The van der Waals surface area contributed by atoms with Crippen molar-refractivity contribution in [3.05, 3.63) is 62.5 Å². The van der Waals surface area contributed by atoms with Crippen LogP contribution >= 0.6 is 22.9 Å². The molecular formula is C25H24ClN5OS. The molecule has 0 radical (unpaired) electrons. The summed E-state index contributed by atoms with van der Waals surface area (Å²) in [5.74, 6) is 2.00. The van der Waals surface area contributed by atoms with Gasteiger partial charge in [0.15, 0.2) is 5.82 Å². The zero-order valence-electron chi connectivity index (χ0n) is 18.4. The lowest BCUT2D eigenvalue weighted by Gasteiger charge is -2.27. The monoisotopic (exact) mass is 477 g/mol. The van der Waals surface area contributed by atoms with Crippen molar-refractivity contribution < 1.29 is 4.79 Å². The van der Waals surface area contributed by atoms with E-state index >= 15 is 0 Å². The number of hydrogen-bond acceptors (Lipinski definition) is 5. The second-order valence-electron chi connectivity index (χ2n) is 9.80. The molecule has 2 aromatic heterocycles. The summed E-state index contributed by atoms with van der Waals surface area (Å²) in [5, 5.41) is 14.1. The van der Waals surface area contributed by atoms with Crippen LogP contribution in [0.1, 0.15) is 65.3 Å². The zero-order valence-corrected chi connectivity index (χ0v) is 20.0. The smallest absolute Gasteiger partial charge is 0.224 e. The van der Waals surface area contributed by atoms with Crippen LogP contribution in [-0.2, 0) is 23.2 Å². The van der Waals surface area contributed by atoms with Gasteiger partial charge in [0, 0.05) is 33.0 Å². The van der Waals surface area contributed by atoms with Gasteiger partial charge < -0.3 is 5.32 Å². The lowest BCUT2D eigenvalue weighted by atomic mass is 9.92. The van der Waals surface area contributed by atoms with Crippen molar-refractivity contribution in [3.63, 3.8) is 0 Å². The molecule has 0 saturated heterocycles. The summed E-state index contributed by atoms with van der Waals surface area (Å²) in [6, 6.07) is 8.32. The Morgan fingerprint density at radius 1 is 1.21 bits per heavy atom. The quantitative estimate of drug-likeness (QED) is 0.603. The minimum absolute atomic E-state index is 0.00994. The van der Waals surface area contributed by atoms with Gasteiger partial charge in [-0.2, -0.15) is 0 Å². The third kappa shape index (κ3) is 2.91. The van der Waals surface area contributed by atoms with E-state index < -0.39 is 0 Å². The highest BCUT2D eigenvalue weighted by atomic mass is 35.5. The van der Waals surface area contributed by atoms with Crippen molar-refractivity contribution in [1.29, 1.82) is 0 Å². The van der Waals surface area contributed by atoms with E-state index in [2.05, 4.69) is 26.1 Å². The Hall–Kier alpha value is -2.51. The molecule has 1 spiro atoms. The SMILES string of the molecule is Cc1nnc2n1-c1sc3c(c1C(c1ccccc1Cl)=NC21CC1)C[C@H](C(=O)NC1CCC1)C3. The van der Waals surface area contributed by atoms with Crippen LogP contribution in [0.4, 0.5) is 0 Å². The number of fused-ring (bicyclic) bond motifs is 6. The zero-order chi connectivity index (χ0) is 22.3. The summed E-state index contributed by atoms with van der Waals surface area (Å²) in [4.78, 5) is 19.6. The minimum Gasteiger partial charge on any atom is -0.353 e. The van der Waals surface area contributed by atoms with E-state index in [1.807, 2.05) is 25.1 Å². The number of nitrogens with one attached hydrogen (secondary N) is 1. The molecule has 1 aliphatic heterocycles. The van der Waals surface area contributed by atoms with Gasteiger partial charge >= 0.3 is 0 Å². The lowest BCUT2D eigenvalue weighted by molar-refractivity contribution is -0.125. The maximum absolute atomic E-state index is 13.0. The Kier molecular flexibility index (Phi) is 4.22. The fourth-order valence-electron chi connectivity index (χ4n) is 5.41. The van der Waals surface area contributed by atoms with Gasteiger partial charge in [0.2, 0.25) is 5.91 Å². The largest absolute Gasteiger partial charge is 0.353 e. The van der Waals surface area contributed by atoms with Crippen LogP contribution in [-0.4, -0.2) is 32.4 Å². The second kappa shape index (κ2) is 7.00. The number of amides is 1. The molecule has 1 atom stereocenters. The molecule has 33 heavy (non-hydrogen) atoms. The first-order valence-electron chi connectivity index (χ1n) is 11.8. The van der Waals surface area contributed by atoms with E-state index in [0.29, 0.717) is 11.1 Å². The van der Waals surface area contributed by atoms with Gasteiger partial charge in [-0.25, -0.2) is 0 Å². The normalized spacial score (nSPS) is 22.1. The van der Waals surface area contributed by atoms with Gasteiger partial charge in [-0.1, -0.05) is 29.8 Å². The van der Waals surface area contributed by atoms with Gasteiger partial charge in [0.25, 0.3) is 0 Å². The number of thiophene rings is 1. The van der Waals surface area contributed by atoms with Gasteiger partial charge in [0.1, 0.15) is 16.4 Å². The summed E-state index contributed by atoms with van der Waals surface area (Å²) in [5.41, 5.74) is 3.93. The highest BCUT2D eigenvalue weighted by Crippen LogP contribution is 2.54. The molecule has 4 aliphatic rings. The summed E-state index contributed by atoms with van der Waals surface area (Å²) in [7, 11) is 0. The molecule has 1 amide bonds. The predicted molar refractivity (Wildman–Crippen MR) is 129 cm³/mol. The number of hydrogen-bond donors (Lipinski definition) is 1. The van der Waals surface area contributed by atoms with Gasteiger partial charge in [-0.15, -0.1) is 21.5 Å². The molecule has 1 aromatic carbocycles. The number of aromatic nitrogens is 3. The molecular weight excluding hydrogens is 454 g/mol. The van der Waals surface area contributed by atoms with Gasteiger partial charge in [-0.3, -0.25) is 14.4 Å². The van der Waals surface area contributed by atoms with Crippen molar-refractivity contribution in [2.24, 2.45) is 10.9 Å². The lowest BCUT2D eigenvalue weighted by Crippen LogP contribution is -2.42. The molecule has 1 N–H and O–H groups in total. The first kappa shape index (κ1) is 19.9. The van der Waals surface area contributed by atoms with E-state index in [4.69, 9.17) is 16.6 Å². The van der Waals surface area contributed by atoms with E-state index in [-0.39, 0.29) is 17.4 Å². The van der Waals surface area contributed by atoms with Gasteiger partial charge in [0.05, 0.1) is 5.71 Å². The first-order chi connectivity index (χ1) is 16.0. The van der Waals surface area contributed by atoms with E-state index in [9.17, 15) is 4.79 Å². The Balaban J connectivity index is 1.38. The Labute approximate surface area is 201 Å². The molecule has 168 valence electrons. The van der Waals surface area contributed by atoms with Crippen LogP contribution in [0.15, 0.2) is 29.3 Å². The average molecular weight is 478 g/mol. The summed E-state index contributed by atoms with van der Waals surface area (Å²) >= 11 is 8.48. The van der Waals surface area contributed by atoms with Crippen LogP contribution in [0.2, 0.25) is 5.02 Å². The van der Waals surface area contributed by atoms with Crippen LogP contribution < -0.4 is 5.32 Å². The number of aryl methyl sites for hydroxylation is 1. The van der Waals surface area contributed by atoms with Crippen molar-refractivity contribution >= 4 is 34.6 Å². The number of halogens is 1. The molecule has 2 fully saturated rings. The van der Waals surface area contributed by atoms with E-state index in [1.54, 1.807) is 11.3 Å². The van der Waals surface area contributed by atoms with Gasteiger partial charge in [-0.05, 0) is 63.5 Å². The molecule has 0 bridgehead atoms. The highest BCUT2D eigenvalue weighted by Gasteiger charge is 2.52. The second-order valence-corrected chi connectivity index (χ2v) is 11.3. The van der Waals surface area contributed by atoms with E-state index in [0.717, 1.165) is 72.0 Å². The van der Waals surface area contributed by atoms with Crippen LogP contribution in [0.5, 0.6) is 0 Å². The Bertz CT molecular complexity index is 1350. The topological polar surface area (TPSA) is 72.2 Å². The molecule has 2 saturated carbocycles. The van der Waals surface area contributed by atoms with Crippen molar-refractivity contribution in [3.8, 4) is 5.00 Å². The van der Waals surface area contributed by atoms with Crippen molar-refractivity contribution in [1.82, 2.24) is 20.1 Å². The summed E-state index contributed by atoms with van der Waals surface area (Å²) < 4.78 is 2.21. The summed E-state index contributed by atoms with van der Waals surface area (Å²) in [6.45, 7) is 2.01. The fourth-order valence-corrected chi connectivity index (χ4v) is 7.09. The third-order valence-corrected chi connectivity index (χ3v) is 9.21. The number of rotatable bonds is 3. The number of carbonyl (C=O) groups is 1. The fraction of sp³-hybridized carbons (Fsp3) is 0.440. The molecule has 6 nitrogen and oxygen atoms in total. The average Bonchev–Trinajstić information content (AvgIpc) is 3.11. The van der Waals surface area contributed by atoms with E-state index in [1.165, 1.54) is 16.9 Å². The van der Waals surface area contributed by atoms with Crippen LogP contribution in [0, 0.1) is 12.8 Å². The van der Waals surface area contributed by atoms with Crippen LogP contribution in [0.25, 0.3) is 5.00 Å². The third-order valence-electron chi connectivity index (χ3n) is 7.64. The molecule has 8 heteroatoms. The molecule has 3 aliphatic carbocycles. The summed E-state index contributed by atoms with van der Waals surface area (Å²) in [6.07, 6.45) is 6.88. The Morgan fingerprint density at radius 3 is 2.76 bits per heavy atom. The maximum Gasteiger partial charge on any atom is 0.224 e.